The van der Waals surface area contributed by atoms with Crippen molar-refractivity contribution >= 4 is 29.1 Å². The lowest BCUT2D eigenvalue weighted by molar-refractivity contribution is -0.121. The van der Waals surface area contributed by atoms with Crippen molar-refractivity contribution in [1.29, 1.82) is 0 Å². The van der Waals surface area contributed by atoms with Gasteiger partial charge >= 0.3 is 0 Å². The molecule has 9 heteroatoms. The Kier molecular flexibility index (Phi) is 6.56. The summed E-state index contributed by atoms with van der Waals surface area (Å²) in [6, 6.07) is 13.1. The minimum atomic E-state index is -0.179. The maximum absolute atomic E-state index is 13.1. The van der Waals surface area contributed by atoms with Crippen molar-refractivity contribution in [2.45, 2.75) is 20.3 Å². The molecule has 1 N–H and O–H groups in total. The molecule has 0 bridgehead atoms. The van der Waals surface area contributed by atoms with Crippen LogP contribution in [0.5, 0.6) is 0 Å². The van der Waals surface area contributed by atoms with Crippen molar-refractivity contribution in [3.8, 4) is 5.69 Å². The molecule has 2 aliphatic heterocycles. The molecule has 0 spiro atoms. The Bertz CT molecular complexity index is 1270. The van der Waals surface area contributed by atoms with Crippen LogP contribution in [0.2, 0.25) is 0 Å². The second kappa shape index (κ2) is 9.94. The minimum Gasteiger partial charge on any atom is -0.381 e. The van der Waals surface area contributed by atoms with E-state index >= 15 is 0 Å². The van der Waals surface area contributed by atoms with E-state index in [1.165, 1.54) is 0 Å². The van der Waals surface area contributed by atoms with Crippen LogP contribution in [0.4, 0.5) is 11.4 Å². The van der Waals surface area contributed by atoms with Gasteiger partial charge in [0.05, 0.1) is 36.3 Å². The second-order valence-corrected chi connectivity index (χ2v) is 9.39. The van der Waals surface area contributed by atoms with Crippen LogP contribution >= 0.6 is 0 Å². The molecule has 186 valence electrons. The van der Waals surface area contributed by atoms with Gasteiger partial charge < -0.3 is 19.9 Å². The average Bonchev–Trinajstić information content (AvgIpc) is 3.56. The molecule has 3 heterocycles. The summed E-state index contributed by atoms with van der Waals surface area (Å²) in [7, 11) is 0. The van der Waals surface area contributed by atoms with E-state index in [2.05, 4.69) is 16.5 Å². The number of ether oxygens (including phenoxy) is 1. The Morgan fingerprint density at radius 1 is 1.03 bits per heavy atom. The lowest BCUT2D eigenvalue weighted by atomic mass is 10.1. The summed E-state index contributed by atoms with van der Waals surface area (Å²) in [5, 5.41) is 7.19. The van der Waals surface area contributed by atoms with Gasteiger partial charge in [0.1, 0.15) is 6.54 Å². The summed E-state index contributed by atoms with van der Waals surface area (Å²) < 4.78 is 6.91. The number of aryl methyl sites for hydroxylation is 2. The van der Waals surface area contributed by atoms with Crippen LogP contribution in [0, 0.1) is 19.8 Å². The van der Waals surface area contributed by atoms with E-state index in [1.807, 2.05) is 26.0 Å². The molecule has 3 aromatic rings. The van der Waals surface area contributed by atoms with Gasteiger partial charge in [0.15, 0.2) is 0 Å². The fourth-order valence-corrected chi connectivity index (χ4v) is 4.68. The predicted octanol–water partition coefficient (Wildman–Crippen LogP) is 2.95. The maximum Gasteiger partial charge on any atom is 0.254 e. The Morgan fingerprint density at radius 2 is 1.78 bits per heavy atom. The molecule has 3 amide bonds. The standard InChI is InChI=1S/C27H29N5O4/c1-18-11-19(2)13-24(12-18)31-9-8-30(16-25(31)33)27(35)20-3-5-23(6-4-20)32-15-22(14-28-32)29-26(34)21-7-10-36-17-21/h3-6,11-15,21H,7-10,16-17H2,1-2H3,(H,29,34)/t21-/m1/s1. The quantitative estimate of drug-likeness (QED) is 0.597. The molecule has 2 fully saturated rings. The first-order valence-corrected chi connectivity index (χ1v) is 12.1. The number of carbonyl (C=O) groups excluding carboxylic acids is 3. The largest absolute Gasteiger partial charge is 0.381 e. The Labute approximate surface area is 209 Å². The third kappa shape index (κ3) is 5.01. The highest BCUT2D eigenvalue weighted by atomic mass is 16.5. The van der Waals surface area contributed by atoms with Crippen LogP contribution in [-0.4, -0.2) is 65.2 Å². The third-order valence-electron chi connectivity index (χ3n) is 6.56. The first-order chi connectivity index (χ1) is 17.4. The minimum absolute atomic E-state index is 0.0435. The summed E-state index contributed by atoms with van der Waals surface area (Å²) >= 11 is 0. The third-order valence-corrected chi connectivity index (χ3v) is 6.56. The van der Waals surface area contributed by atoms with Crippen LogP contribution < -0.4 is 10.2 Å². The molecule has 1 aromatic heterocycles. The zero-order valence-corrected chi connectivity index (χ0v) is 20.4. The number of nitrogens with zero attached hydrogens (tertiary/aromatic N) is 4. The monoisotopic (exact) mass is 487 g/mol. The number of aromatic nitrogens is 2. The van der Waals surface area contributed by atoms with Gasteiger partial charge in [-0.2, -0.15) is 5.10 Å². The number of hydrogen-bond donors (Lipinski definition) is 1. The van der Waals surface area contributed by atoms with Gasteiger partial charge in [0.25, 0.3) is 5.91 Å². The van der Waals surface area contributed by atoms with Gasteiger partial charge in [-0.15, -0.1) is 0 Å². The second-order valence-electron chi connectivity index (χ2n) is 9.39. The van der Waals surface area contributed by atoms with Crippen LogP contribution in [0.1, 0.15) is 27.9 Å². The smallest absolute Gasteiger partial charge is 0.254 e. The van der Waals surface area contributed by atoms with E-state index in [-0.39, 0.29) is 30.2 Å². The lowest BCUT2D eigenvalue weighted by Crippen LogP contribution is -2.52. The van der Waals surface area contributed by atoms with E-state index in [0.717, 1.165) is 28.9 Å². The topological polar surface area (TPSA) is 96.8 Å². The predicted molar refractivity (Wildman–Crippen MR) is 135 cm³/mol. The number of carbonyl (C=O) groups is 3. The summed E-state index contributed by atoms with van der Waals surface area (Å²) in [5.74, 6) is -0.470. The van der Waals surface area contributed by atoms with E-state index in [9.17, 15) is 14.4 Å². The maximum atomic E-state index is 13.1. The zero-order valence-electron chi connectivity index (χ0n) is 20.4. The van der Waals surface area contributed by atoms with E-state index in [4.69, 9.17) is 4.74 Å². The number of rotatable bonds is 5. The van der Waals surface area contributed by atoms with Gasteiger partial charge in [0.2, 0.25) is 11.8 Å². The van der Waals surface area contributed by atoms with E-state index < -0.39 is 0 Å². The molecular weight excluding hydrogens is 458 g/mol. The van der Waals surface area contributed by atoms with Gasteiger partial charge in [-0.1, -0.05) is 6.07 Å². The highest BCUT2D eigenvalue weighted by Crippen LogP contribution is 2.22. The van der Waals surface area contributed by atoms with Crippen LogP contribution in [-0.2, 0) is 14.3 Å². The van der Waals surface area contributed by atoms with Crippen molar-refractivity contribution in [2.24, 2.45) is 5.92 Å². The number of nitrogens with one attached hydrogen (secondary N) is 1. The van der Waals surface area contributed by atoms with Crippen molar-refractivity contribution in [1.82, 2.24) is 14.7 Å². The van der Waals surface area contributed by atoms with Crippen molar-refractivity contribution < 1.29 is 19.1 Å². The van der Waals surface area contributed by atoms with E-state index in [1.54, 1.807) is 51.1 Å². The van der Waals surface area contributed by atoms with Crippen molar-refractivity contribution in [3.05, 3.63) is 71.5 Å². The Hall–Kier alpha value is -3.98. The summed E-state index contributed by atoms with van der Waals surface area (Å²) in [5.41, 5.74) is 4.95. The summed E-state index contributed by atoms with van der Waals surface area (Å²) in [6.07, 6.45) is 4.05. The van der Waals surface area contributed by atoms with Gasteiger partial charge in [-0.25, -0.2) is 4.68 Å². The first kappa shape index (κ1) is 23.7. The SMILES string of the molecule is Cc1cc(C)cc(N2CCN(C(=O)c3ccc(-n4cc(NC(=O)[C@@H]5CCOC5)cn4)cc3)CC2=O)c1. The van der Waals surface area contributed by atoms with Crippen LogP contribution in [0.25, 0.3) is 5.69 Å². The molecule has 9 nitrogen and oxygen atoms in total. The molecule has 0 aliphatic carbocycles. The highest BCUT2D eigenvalue weighted by molar-refractivity contribution is 6.01. The fraction of sp³-hybridized carbons (Fsp3) is 0.333. The zero-order chi connectivity index (χ0) is 25.2. The summed E-state index contributed by atoms with van der Waals surface area (Å²) in [4.78, 5) is 41.5. The molecule has 0 radical (unpaired) electrons. The van der Waals surface area contributed by atoms with Gasteiger partial charge in [-0.3, -0.25) is 14.4 Å². The van der Waals surface area contributed by atoms with Crippen LogP contribution in [0.3, 0.4) is 0 Å². The molecule has 0 unspecified atom stereocenters. The average molecular weight is 488 g/mol. The molecule has 36 heavy (non-hydrogen) atoms. The highest BCUT2D eigenvalue weighted by Gasteiger charge is 2.29. The molecule has 0 saturated carbocycles. The van der Waals surface area contributed by atoms with Crippen LogP contribution in [0.15, 0.2) is 54.9 Å². The first-order valence-electron chi connectivity index (χ1n) is 12.1. The van der Waals surface area contributed by atoms with E-state index in [0.29, 0.717) is 37.6 Å². The number of piperazine rings is 1. The molecule has 5 rings (SSSR count). The Morgan fingerprint density at radius 3 is 2.44 bits per heavy atom. The Balaban J connectivity index is 1.21. The molecule has 2 aromatic carbocycles. The molecular formula is C27H29N5O4. The normalized spacial score (nSPS) is 17.9. The van der Waals surface area contributed by atoms with Crippen molar-refractivity contribution in [3.63, 3.8) is 0 Å². The number of amides is 3. The number of benzene rings is 2. The van der Waals surface area contributed by atoms with Gasteiger partial charge in [-0.05, 0) is 67.8 Å². The lowest BCUT2D eigenvalue weighted by Gasteiger charge is -2.34. The van der Waals surface area contributed by atoms with Gasteiger partial charge in [0, 0.05) is 30.9 Å². The molecule has 2 saturated heterocycles. The number of hydrogen-bond acceptors (Lipinski definition) is 5. The molecule has 1 atom stereocenters. The number of anilines is 2. The molecule has 2 aliphatic rings. The fourth-order valence-electron chi connectivity index (χ4n) is 4.68. The van der Waals surface area contributed by atoms with Crippen molar-refractivity contribution in [2.75, 3.05) is 43.1 Å². The summed E-state index contributed by atoms with van der Waals surface area (Å²) in [6.45, 7) is 6.04.